The first kappa shape index (κ1) is 16.4. The Hall–Kier alpha value is -2.50. The van der Waals surface area contributed by atoms with Crippen molar-refractivity contribution in [2.75, 3.05) is 20.2 Å². The van der Waals surface area contributed by atoms with E-state index in [0.717, 1.165) is 24.2 Å². The summed E-state index contributed by atoms with van der Waals surface area (Å²) in [6, 6.07) is 4.32. The first-order valence-corrected chi connectivity index (χ1v) is 8.00. The zero-order valence-corrected chi connectivity index (χ0v) is 13.8. The van der Waals surface area contributed by atoms with Gasteiger partial charge in [-0.15, -0.1) is 0 Å². The molecule has 1 aromatic heterocycles. The van der Waals surface area contributed by atoms with E-state index in [9.17, 15) is 9.18 Å². The van der Waals surface area contributed by atoms with Gasteiger partial charge in [0, 0.05) is 37.0 Å². The van der Waals surface area contributed by atoms with Crippen LogP contribution in [0.3, 0.4) is 0 Å². The third-order valence-electron chi connectivity index (χ3n) is 4.37. The van der Waals surface area contributed by atoms with Crippen LogP contribution in [-0.2, 0) is 0 Å². The van der Waals surface area contributed by atoms with Crippen molar-refractivity contribution in [1.82, 2.24) is 14.9 Å². The quantitative estimate of drug-likeness (QED) is 0.869. The zero-order chi connectivity index (χ0) is 17.1. The molecule has 24 heavy (non-hydrogen) atoms. The summed E-state index contributed by atoms with van der Waals surface area (Å²) in [6.07, 6.45) is 5.21. The van der Waals surface area contributed by atoms with Crippen LogP contribution in [0.2, 0.25) is 0 Å². The van der Waals surface area contributed by atoms with Gasteiger partial charge in [-0.1, -0.05) is 0 Å². The smallest absolute Gasteiger partial charge is 0.253 e. The Bertz CT molecular complexity index is 743. The fourth-order valence-corrected chi connectivity index (χ4v) is 3.04. The molecule has 126 valence electrons. The Morgan fingerprint density at radius 1 is 1.29 bits per heavy atom. The lowest BCUT2D eigenvalue weighted by atomic mass is 9.93. The molecule has 0 unspecified atom stereocenters. The van der Waals surface area contributed by atoms with Gasteiger partial charge in [0.2, 0.25) is 0 Å². The number of carbonyl (C=O) groups excluding carboxylic acids is 1. The molecule has 1 aliphatic heterocycles. The number of hydrogen-bond donors (Lipinski definition) is 0. The number of rotatable bonds is 3. The van der Waals surface area contributed by atoms with Crippen LogP contribution in [0.5, 0.6) is 5.75 Å². The Kier molecular flexibility index (Phi) is 4.74. The SMILES string of the molecule is COc1ccc(C(=O)N2CCC(c3cncc(C)n3)CC2)cc1F. The summed E-state index contributed by atoms with van der Waals surface area (Å²) in [5.41, 5.74) is 2.24. The van der Waals surface area contributed by atoms with Gasteiger partial charge in [0.05, 0.1) is 18.5 Å². The molecule has 1 aromatic carbocycles. The summed E-state index contributed by atoms with van der Waals surface area (Å²) < 4.78 is 18.7. The molecule has 0 radical (unpaired) electrons. The number of aromatic nitrogens is 2. The van der Waals surface area contributed by atoms with Gasteiger partial charge in [-0.2, -0.15) is 0 Å². The molecule has 6 heteroatoms. The minimum atomic E-state index is -0.520. The highest BCUT2D eigenvalue weighted by Crippen LogP contribution is 2.27. The maximum Gasteiger partial charge on any atom is 0.253 e. The van der Waals surface area contributed by atoms with Crippen molar-refractivity contribution >= 4 is 5.91 Å². The van der Waals surface area contributed by atoms with Crippen molar-refractivity contribution in [3.63, 3.8) is 0 Å². The number of amides is 1. The molecule has 0 spiro atoms. The molecule has 1 fully saturated rings. The molecular formula is C18H20FN3O2. The summed E-state index contributed by atoms with van der Waals surface area (Å²) in [7, 11) is 1.40. The number of benzene rings is 1. The van der Waals surface area contributed by atoms with E-state index in [1.165, 1.54) is 19.2 Å². The fourth-order valence-electron chi connectivity index (χ4n) is 3.04. The highest BCUT2D eigenvalue weighted by atomic mass is 19.1. The van der Waals surface area contributed by atoms with Gasteiger partial charge in [0.1, 0.15) is 0 Å². The number of likely N-dealkylation sites (tertiary alicyclic amines) is 1. The number of hydrogen-bond acceptors (Lipinski definition) is 4. The molecule has 0 saturated carbocycles. The monoisotopic (exact) mass is 329 g/mol. The summed E-state index contributed by atoms with van der Waals surface area (Å²) in [5.74, 6) is -0.212. The zero-order valence-electron chi connectivity index (χ0n) is 13.8. The second-order valence-corrected chi connectivity index (χ2v) is 6.00. The number of carbonyl (C=O) groups is 1. The predicted octanol–water partition coefficient (Wildman–Crippen LogP) is 2.95. The molecule has 0 atom stereocenters. The first-order chi connectivity index (χ1) is 11.6. The predicted molar refractivity (Wildman–Crippen MR) is 87.6 cm³/mol. The van der Waals surface area contributed by atoms with Crippen molar-refractivity contribution in [3.05, 3.63) is 53.4 Å². The third kappa shape index (κ3) is 3.37. The molecule has 0 aliphatic carbocycles. The second-order valence-electron chi connectivity index (χ2n) is 6.00. The maximum atomic E-state index is 13.8. The molecule has 1 aliphatic rings. The highest BCUT2D eigenvalue weighted by Gasteiger charge is 2.26. The third-order valence-corrected chi connectivity index (χ3v) is 4.37. The number of piperidine rings is 1. The molecule has 1 amide bonds. The van der Waals surface area contributed by atoms with Crippen LogP contribution in [0.1, 0.15) is 40.5 Å². The number of halogens is 1. The molecule has 0 bridgehead atoms. The maximum absolute atomic E-state index is 13.8. The first-order valence-electron chi connectivity index (χ1n) is 8.00. The standard InChI is InChI=1S/C18H20FN3O2/c1-12-10-20-11-16(21-12)13-5-7-22(8-6-13)18(23)14-3-4-17(24-2)15(19)9-14/h3-4,9-11,13H,5-8H2,1-2H3. The van der Waals surface area contributed by atoms with Crippen LogP contribution in [0.15, 0.2) is 30.6 Å². The van der Waals surface area contributed by atoms with E-state index in [0.29, 0.717) is 24.6 Å². The van der Waals surface area contributed by atoms with E-state index in [-0.39, 0.29) is 11.7 Å². The normalized spacial score (nSPS) is 15.4. The van der Waals surface area contributed by atoms with Crippen LogP contribution < -0.4 is 4.74 Å². The van der Waals surface area contributed by atoms with E-state index in [1.54, 1.807) is 23.4 Å². The average Bonchev–Trinajstić information content (AvgIpc) is 2.61. The van der Waals surface area contributed by atoms with Crippen LogP contribution in [0, 0.1) is 12.7 Å². The largest absolute Gasteiger partial charge is 0.494 e. The van der Waals surface area contributed by atoms with Gasteiger partial charge in [-0.25, -0.2) is 4.39 Å². The Balaban J connectivity index is 1.66. The Labute approximate surface area is 140 Å². The van der Waals surface area contributed by atoms with Crippen LogP contribution in [0.4, 0.5) is 4.39 Å². The molecule has 0 N–H and O–H groups in total. The number of ether oxygens (including phenoxy) is 1. The van der Waals surface area contributed by atoms with Gasteiger partial charge < -0.3 is 9.64 Å². The number of methoxy groups -OCH3 is 1. The van der Waals surface area contributed by atoms with Crippen molar-refractivity contribution in [2.45, 2.75) is 25.7 Å². The number of nitrogens with zero attached hydrogens (tertiary/aromatic N) is 3. The summed E-state index contributed by atoms with van der Waals surface area (Å²) in [4.78, 5) is 23.0. The lowest BCUT2D eigenvalue weighted by molar-refractivity contribution is 0.0711. The molecule has 2 heterocycles. The molecule has 3 rings (SSSR count). The van der Waals surface area contributed by atoms with Crippen LogP contribution in [-0.4, -0.2) is 41.0 Å². The average molecular weight is 329 g/mol. The Morgan fingerprint density at radius 3 is 2.67 bits per heavy atom. The summed E-state index contributed by atoms with van der Waals surface area (Å²) >= 11 is 0. The van der Waals surface area contributed by atoms with Crippen molar-refractivity contribution < 1.29 is 13.9 Å². The topological polar surface area (TPSA) is 55.3 Å². The van der Waals surface area contributed by atoms with E-state index in [2.05, 4.69) is 9.97 Å². The molecule has 1 saturated heterocycles. The summed E-state index contributed by atoms with van der Waals surface area (Å²) in [6.45, 7) is 3.19. The van der Waals surface area contributed by atoms with Gasteiger partial charge in [-0.3, -0.25) is 14.8 Å². The Morgan fingerprint density at radius 2 is 2.04 bits per heavy atom. The lowest BCUT2D eigenvalue weighted by Gasteiger charge is -2.31. The van der Waals surface area contributed by atoms with E-state index < -0.39 is 5.82 Å². The molecule has 5 nitrogen and oxygen atoms in total. The number of aryl methyl sites for hydroxylation is 1. The minimum Gasteiger partial charge on any atom is -0.494 e. The van der Waals surface area contributed by atoms with E-state index >= 15 is 0 Å². The van der Waals surface area contributed by atoms with Crippen molar-refractivity contribution in [2.24, 2.45) is 0 Å². The minimum absolute atomic E-state index is 0.142. The van der Waals surface area contributed by atoms with Gasteiger partial charge in [0.25, 0.3) is 5.91 Å². The van der Waals surface area contributed by atoms with Crippen LogP contribution in [0.25, 0.3) is 0 Å². The van der Waals surface area contributed by atoms with Gasteiger partial charge >= 0.3 is 0 Å². The second kappa shape index (κ2) is 6.95. The van der Waals surface area contributed by atoms with Crippen LogP contribution >= 0.6 is 0 Å². The van der Waals surface area contributed by atoms with Gasteiger partial charge in [0.15, 0.2) is 11.6 Å². The highest BCUT2D eigenvalue weighted by molar-refractivity contribution is 5.94. The van der Waals surface area contributed by atoms with Crippen molar-refractivity contribution in [3.8, 4) is 5.75 Å². The fraction of sp³-hybridized carbons (Fsp3) is 0.389. The van der Waals surface area contributed by atoms with E-state index in [1.807, 2.05) is 6.92 Å². The van der Waals surface area contributed by atoms with E-state index in [4.69, 9.17) is 4.74 Å². The van der Waals surface area contributed by atoms with Crippen molar-refractivity contribution in [1.29, 1.82) is 0 Å². The van der Waals surface area contributed by atoms with Gasteiger partial charge in [-0.05, 0) is 38.0 Å². The lowest BCUT2D eigenvalue weighted by Crippen LogP contribution is -2.38. The molecule has 2 aromatic rings. The summed E-state index contributed by atoms with van der Waals surface area (Å²) in [5, 5.41) is 0. The molecular weight excluding hydrogens is 309 g/mol.